The summed E-state index contributed by atoms with van der Waals surface area (Å²) in [6.45, 7) is 13.2. The summed E-state index contributed by atoms with van der Waals surface area (Å²) in [6, 6.07) is 29.6. The molecule has 3 aromatic rings. The maximum absolute atomic E-state index is 9.94. The molecule has 0 saturated carbocycles. The highest BCUT2D eigenvalue weighted by Crippen LogP contribution is 2.25. The van der Waals surface area contributed by atoms with Crippen LogP contribution in [0.25, 0.3) is 23.3 Å². The minimum absolute atomic E-state index is 0.637. The normalized spacial score (nSPS) is 11.6. The molecule has 0 unspecified atom stereocenters. The highest BCUT2D eigenvalue weighted by Gasteiger charge is 2.09. The first-order chi connectivity index (χ1) is 21.6. The van der Waals surface area contributed by atoms with Gasteiger partial charge in [-0.05, 0) is 84.4 Å². The summed E-state index contributed by atoms with van der Waals surface area (Å²) in [5.41, 5.74) is 7.47. The molecular formula is C40H50N4. The van der Waals surface area contributed by atoms with Crippen molar-refractivity contribution in [3.63, 3.8) is 0 Å². The second-order valence-electron chi connectivity index (χ2n) is 11.5. The van der Waals surface area contributed by atoms with Crippen LogP contribution in [0.2, 0.25) is 0 Å². The van der Waals surface area contributed by atoms with Gasteiger partial charge in [-0.1, -0.05) is 102 Å². The van der Waals surface area contributed by atoms with Crippen LogP contribution in [-0.4, -0.2) is 26.2 Å². The third-order valence-electron chi connectivity index (χ3n) is 8.01. The summed E-state index contributed by atoms with van der Waals surface area (Å²) >= 11 is 0. The quantitative estimate of drug-likeness (QED) is 0.110. The molecule has 3 aromatic carbocycles. The standard InChI is InChI=1S/C40H50N4/c1-5-9-25-43(26-10-6-2)39-21-17-35(18-22-39)37(31-41)29-33-13-15-34(16-14-33)30-38(32-42)36-19-23-40(24-20-36)44(27-11-7-3)28-12-8-4/h13-24,29-30H,5-12,25-28H2,1-4H3. The van der Waals surface area contributed by atoms with E-state index in [0.717, 1.165) is 48.4 Å². The average molecular weight is 587 g/mol. The Kier molecular flexibility index (Phi) is 14.8. The van der Waals surface area contributed by atoms with Crippen LogP contribution in [0, 0.1) is 22.7 Å². The molecule has 0 heterocycles. The number of hydrogen-bond donors (Lipinski definition) is 0. The minimum Gasteiger partial charge on any atom is -0.372 e. The Bertz CT molecular complexity index is 1270. The summed E-state index contributed by atoms with van der Waals surface area (Å²) in [5.74, 6) is 0. The maximum Gasteiger partial charge on any atom is 0.0998 e. The van der Waals surface area contributed by atoms with E-state index in [1.54, 1.807) is 0 Å². The second kappa shape index (κ2) is 19.1. The van der Waals surface area contributed by atoms with Crippen molar-refractivity contribution >= 4 is 34.7 Å². The summed E-state index contributed by atoms with van der Waals surface area (Å²) < 4.78 is 0. The van der Waals surface area contributed by atoms with E-state index in [0.29, 0.717) is 11.1 Å². The molecule has 0 aliphatic rings. The summed E-state index contributed by atoms with van der Waals surface area (Å²) in [7, 11) is 0. The first kappa shape index (κ1) is 34.2. The fourth-order valence-electron chi connectivity index (χ4n) is 5.22. The third-order valence-corrected chi connectivity index (χ3v) is 8.01. The van der Waals surface area contributed by atoms with Gasteiger partial charge in [0.05, 0.1) is 23.3 Å². The lowest BCUT2D eigenvalue weighted by atomic mass is 10.0. The predicted molar refractivity (Wildman–Crippen MR) is 190 cm³/mol. The van der Waals surface area contributed by atoms with E-state index in [-0.39, 0.29) is 0 Å². The number of rotatable bonds is 18. The molecule has 0 radical (unpaired) electrons. The molecular weight excluding hydrogens is 536 g/mol. The lowest BCUT2D eigenvalue weighted by Gasteiger charge is -2.25. The van der Waals surface area contributed by atoms with Crippen LogP contribution >= 0.6 is 0 Å². The Morgan fingerprint density at radius 3 is 1.05 bits per heavy atom. The van der Waals surface area contributed by atoms with E-state index in [2.05, 4.69) is 98.2 Å². The number of hydrogen-bond acceptors (Lipinski definition) is 4. The Balaban J connectivity index is 1.74. The van der Waals surface area contributed by atoms with Crippen LogP contribution in [0.5, 0.6) is 0 Å². The van der Waals surface area contributed by atoms with Crippen LogP contribution in [0.4, 0.5) is 11.4 Å². The molecule has 0 amide bonds. The molecule has 4 heteroatoms. The predicted octanol–water partition coefficient (Wildman–Crippen LogP) is 10.6. The zero-order valence-corrected chi connectivity index (χ0v) is 27.4. The number of benzene rings is 3. The van der Waals surface area contributed by atoms with Crippen molar-refractivity contribution in [2.24, 2.45) is 0 Å². The van der Waals surface area contributed by atoms with Crippen LogP contribution in [0.3, 0.4) is 0 Å². The van der Waals surface area contributed by atoms with Gasteiger partial charge in [-0.15, -0.1) is 0 Å². The van der Waals surface area contributed by atoms with Crippen LogP contribution in [-0.2, 0) is 0 Å². The molecule has 4 nitrogen and oxygen atoms in total. The second-order valence-corrected chi connectivity index (χ2v) is 11.5. The Hall–Kier alpha value is -4.28. The van der Waals surface area contributed by atoms with E-state index in [1.165, 1.54) is 62.7 Å². The highest BCUT2D eigenvalue weighted by atomic mass is 15.1. The van der Waals surface area contributed by atoms with Gasteiger partial charge in [-0.2, -0.15) is 10.5 Å². The number of allylic oxidation sites excluding steroid dienone is 2. The molecule has 0 fully saturated rings. The fourth-order valence-corrected chi connectivity index (χ4v) is 5.22. The van der Waals surface area contributed by atoms with Gasteiger partial charge >= 0.3 is 0 Å². The van der Waals surface area contributed by atoms with Crippen LogP contribution < -0.4 is 9.80 Å². The molecule has 0 aromatic heterocycles. The van der Waals surface area contributed by atoms with Crippen molar-refractivity contribution in [1.29, 1.82) is 10.5 Å². The number of anilines is 2. The molecule has 44 heavy (non-hydrogen) atoms. The van der Waals surface area contributed by atoms with Crippen molar-refractivity contribution in [2.45, 2.75) is 79.1 Å². The van der Waals surface area contributed by atoms with Crippen LogP contribution in [0.15, 0.2) is 72.8 Å². The fraction of sp³-hybridized carbons (Fsp3) is 0.400. The Morgan fingerprint density at radius 1 is 0.500 bits per heavy atom. The third kappa shape index (κ3) is 10.5. The molecule has 0 aliphatic heterocycles. The topological polar surface area (TPSA) is 54.1 Å². The Labute approximate surface area is 266 Å². The Morgan fingerprint density at radius 2 is 0.795 bits per heavy atom. The molecule has 0 aliphatic carbocycles. The summed E-state index contributed by atoms with van der Waals surface area (Å²) in [4.78, 5) is 4.91. The van der Waals surface area contributed by atoms with E-state index >= 15 is 0 Å². The molecule has 0 N–H and O–H groups in total. The lowest BCUT2D eigenvalue weighted by molar-refractivity contribution is 0.678. The van der Waals surface area contributed by atoms with Gasteiger partial charge in [-0.3, -0.25) is 0 Å². The monoisotopic (exact) mass is 586 g/mol. The van der Waals surface area contributed by atoms with Crippen molar-refractivity contribution < 1.29 is 0 Å². The average Bonchev–Trinajstić information content (AvgIpc) is 3.07. The molecule has 0 bridgehead atoms. The van der Waals surface area contributed by atoms with E-state index in [9.17, 15) is 10.5 Å². The zero-order valence-electron chi connectivity index (χ0n) is 27.4. The highest BCUT2D eigenvalue weighted by molar-refractivity contribution is 5.91. The van der Waals surface area contributed by atoms with E-state index in [4.69, 9.17) is 0 Å². The molecule has 0 saturated heterocycles. The molecule has 0 spiro atoms. The van der Waals surface area contributed by atoms with Gasteiger partial charge in [-0.25, -0.2) is 0 Å². The maximum atomic E-state index is 9.94. The minimum atomic E-state index is 0.637. The largest absolute Gasteiger partial charge is 0.372 e. The number of nitriles is 2. The van der Waals surface area contributed by atoms with Gasteiger partial charge in [0.25, 0.3) is 0 Å². The first-order valence-electron chi connectivity index (χ1n) is 16.6. The lowest BCUT2D eigenvalue weighted by Crippen LogP contribution is -2.25. The van der Waals surface area contributed by atoms with Gasteiger partial charge in [0.1, 0.15) is 0 Å². The van der Waals surface area contributed by atoms with Gasteiger partial charge < -0.3 is 9.80 Å². The molecule has 3 rings (SSSR count). The SMILES string of the molecule is CCCCN(CCCC)c1ccc(C(C#N)=Cc2ccc(C=C(C#N)c3ccc(N(CCCC)CCCC)cc3)cc2)cc1. The van der Waals surface area contributed by atoms with Gasteiger partial charge in [0.2, 0.25) is 0 Å². The first-order valence-corrected chi connectivity index (χ1v) is 16.6. The van der Waals surface area contributed by atoms with Crippen molar-refractivity contribution in [3.8, 4) is 12.1 Å². The van der Waals surface area contributed by atoms with Crippen molar-refractivity contribution in [2.75, 3.05) is 36.0 Å². The van der Waals surface area contributed by atoms with Crippen molar-refractivity contribution in [1.82, 2.24) is 0 Å². The van der Waals surface area contributed by atoms with E-state index in [1.807, 2.05) is 36.4 Å². The zero-order chi connectivity index (χ0) is 31.6. The smallest absolute Gasteiger partial charge is 0.0998 e. The van der Waals surface area contributed by atoms with Gasteiger partial charge in [0, 0.05) is 37.6 Å². The van der Waals surface area contributed by atoms with Crippen molar-refractivity contribution in [3.05, 3.63) is 95.1 Å². The van der Waals surface area contributed by atoms with E-state index < -0.39 is 0 Å². The molecule has 230 valence electrons. The summed E-state index contributed by atoms with van der Waals surface area (Å²) in [5, 5.41) is 19.9. The number of unbranched alkanes of at least 4 members (excludes halogenated alkanes) is 4. The number of nitrogens with zero attached hydrogens (tertiary/aromatic N) is 4. The molecule has 0 atom stereocenters. The summed E-state index contributed by atoms with van der Waals surface area (Å²) in [6.07, 6.45) is 13.3. The van der Waals surface area contributed by atoms with Crippen LogP contribution in [0.1, 0.15) is 101 Å². The van der Waals surface area contributed by atoms with Gasteiger partial charge in [0.15, 0.2) is 0 Å².